The Bertz CT molecular complexity index is 331. The molecule has 2 heteroatoms. The number of rotatable bonds is 7. The molecule has 0 fully saturated rings. The van der Waals surface area contributed by atoms with E-state index in [2.05, 4.69) is 38.2 Å². The Labute approximate surface area is 111 Å². The lowest BCUT2D eigenvalue weighted by Crippen LogP contribution is -2.37. The molecule has 0 spiro atoms. The van der Waals surface area contributed by atoms with Gasteiger partial charge in [-0.25, -0.2) is 0 Å². The Morgan fingerprint density at radius 2 is 1.76 bits per heavy atom. The fraction of sp³-hybridized carbons (Fsp3) is 0.600. The van der Waals surface area contributed by atoms with Crippen molar-refractivity contribution >= 4 is 11.6 Å². The Balaban J connectivity index is 2.94. The lowest BCUT2D eigenvalue weighted by atomic mass is 9.75. The summed E-state index contributed by atoms with van der Waals surface area (Å²) in [6.07, 6.45) is 3.40. The first-order chi connectivity index (χ1) is 8.20. The van der Waals surface area contributed by atoms with Crippen LogP contribution in [0.2, 0.25) is 5.02 Å². The highest BCUT2D eigenvalue weighted by molar-refractivity contribution is 6.31. The van der Waals surface area contributed by atoms with Crippen molar-refractivity contribution in [2.45, 2.75) is 45.4 Å². The highest BCUT2D eigenvalue weighted by Gasteiger charge is 2.29. The van der Waals surface area contributed by atoms with Gasteiger partial charge in [0.25, 0.3) is 0 Å². The minimum Gasteiger partial charge on any atom is -0.316 e. The highest BCUT2D eigenvalue weighted by Crippen LogP contribution is 2.35. The maximum atomic E-state index is 6.35. The minimum absolute atomic E-state index is 0.174. The van der Waals surface area contributed by atoms with Crippen LogP contribution in [0.5, 0.6) is 0 Å². The van der Waals surface area contributed by atoms with Crippen molar-refractivity contribution in [2.75, 3.05) is 13.1 Å². The molecule has 96 valence electrons. The van der Waals surface area contributed by atoms with Gasteiger partial charge in [-0.05, 0) is 37.4 Å². The maximum absolute atomic E-state index is 6.35. The predicted molar refractivity (Wildman–Crippen MR) is 76.9 cm³/mol. The van der Waals surface area contributed by atoms with E-state index in [9.17, 15) is 0 Å². The number of hydrogen-bond acceptors (Lipinski definition) is 1. The summed E-state index contributed by atoms with van der Waals surface area (Å²) in [6, 6.07) is 8.25. The third-order valence-electron chi connectivity index (χ3n) is 3.69. The van der Waals surface area contributed by atoms with Crippen molar-refractivity contribution in [3.8, 4) is 0 Å². The molecule has 0 unspecified atom stereocenters. The summed E-state index contributed by atoms with van der Waals surface area (Å²) in [4.78, 5) is 0. The van der Waals surface area contributed by atoms with Gasteiger partial charge in [0.05, 0.1) is 0 Å². The number of nitrogens with one attached hydrogen (secondary N) is 1. The van der Waals surface area contributed by atoms with Gasteiger partial charge in [-0.2, -0.15) is 0 Å². The lowest BCUT2D eigenvalue weighted by molar-refractivity contribution is 0.369. The maximum Gasteiger partial charge on any atom is 0.0444 e. The summed E-state index contributed by atoms with van der Waals surface area (Å²) in [5.74, 6) is 0. The molecule has 0 aromatic heterocycles. The average molecular weight is 254 g/mol. The molecule has 1 nitrogen and oxygen atoms in total. The van der Waals surface area contributed by atoms with Crippen molar-refractivity contribution in [3.05, 3.63) is 34.9 Å². The zero-order chi connectivity index (χ0) is 12.7. The standard InChI is InChI=1S/C15H24ClN/c1-4-11-17-12-15(5-2,6-3)13-9-7-8-10-14(13)16/h7-10,17H,4-6,11-12H2,1-3H3. The van der Waals surface area contributed by atoms with Crippen LogP contribution in [0.15, 0.2) is 24.3 Å². The quantitative estimate of drug-likeness (QED) is 0.711. The molecule has 0 saturated carbocycles. The van der Waals surface area contributed by atoms with Gasteiger partial charge in [-0.15, -0.1) is 0 Å². The summed E-state index contributed by atoms with van der Waals surface area (Å²) in [6.45, 7) is 8.78. The second-order valence-corrected chi connectivity index (χ2v) is 5.05. The smallest absolute Gasteiger partial charge is 0.0444 e. The molecular formula is C15H24ClN. The van der Waals surface area contributed by atoms with E-state index in [1.165, 1.54) is 12.0 Å². The van der Waals surface area contributed by atoms with Gasteiger partial charge in [0.15, 0.2) is 0 Å². The van der Waals surface area contributed by atoms with Crippen LogP contribution in [-0.2, 0) is 5.41 Å². The van der Waals surface area contributed by atoms with Gasteiger partial charge in [-0.3, -0.25) is 0 Å². The monoisotopic (exact) mass is 253 g/mol. The van der Waals surface area contributed by atoms with Crippen LogP contribution in [0.3, 0.4) is 0 Å². The molecule has 0 aliphatic rings. The fourth-order valence-electron chi connectivity index (χ4n) is 2.37. The van der Waals surface area contributed by atoms with Crippen LogP contribution < -0.4 is 5.32 Å². The van der Waals surface area contributed by atoms with Gasteiger partial charge in [0.2, 0.25) is 0 Å². The van der Waals surface area contributed by atoms with Crippen molar-refractivity contribution in [1.82, 2.24) is 5.32 Å². The first kappa shape index (κ1) is 14.5. The molecule has 0 heterocycles. The SMILES string of the molecule is CCCNCC(CC)(CC)c1ccccc1Cl. The molecule has 17 heavy (non-hydrogen) atoms. The Morgan fingerprint density at radius 3 is 2.29 bits per heavy atom. The van der Waals surface area contributed by atoms with Gasteiger partial charge in [0.1, 0.15) is 0 Å². The zero-order valence-corrected chi connectivity index (χ0v) is 12.0. The van der Waals surface area contributed by atoms with E-state index in [1.807, 2.05) is 12.1 Å². The minimum atomic E-state index is 0.174. The molecule has 0 bridgehead atoms. The number of halogens is 1. The van der Waals surface area contributed by atoms with Crippen LogP contribution in [0.25, 0.3) is 0 Å². The van der Waals surface area contributed by atoms with E-state index in [0.29, 0.717) is 0 Å². The Kier molecular flexibility index (Phi) is 6.01. The molecule has 1 aromatic rings. The van der Waals surface area contributed by atoms with E-state index in [-0.39, 0.29) is 5.41 Å². The third kappa shape index (κ3) is 3.46. The zero-order valence-electron chi connectivity index (χ0n) is 11.2. The van der Waals surface area contributed by atoms with E-state index < -0.39 is 0 Å². The normalized spacial score (nSPS) is 11.8. The van der Waals surface area contributed by atoms with Crippen LogP contribution >= 0.6 is 11.6 Å². The Morgan fingerprint density at radius 1 is 1.12 bits per heavy atom. The molecule has 1 N–H and O–H groups in total. The summed E-state index contributed by atoms with van der Waals surface area (Å²) in [5, 5.41) is 4.44. The van der Waals surface area contributed by atoms with Crippen molar-refractivity contribution in [1.29, 1.82) is 0 Å². The van der Waals surface area contributed by atoms with Gasteiger partial charge >= 0.3 is 0 Å². The topological polar surface area (TPSA) is 12.0 Å². The van der Waals surface area contributed by atoms with E-state index in [4.69, 9.17) is 11.6 Å². The number of benzene rings is 1. The molecule has 1 rings (SSSR count). The van der Waals surface area contributed by atoms with Crippen LogP contribution in [0, 0.1) is 0 Å². The molecule has 0 radical (unpaired) electrons. The lowest BCUT2D eigenvalue weighted by Gasteiger charge is -2.33. The van der Waals surface area contributed by atoms with Crippen LogP contribution in [0.4, 0.5) is 0 Å². The highest BCUT2D eigenvalue weighted by atomic mass is 35.5. The molecule has 1 aromatic carbocycles. The fourth-order valence-corrected chi connectivity index (χ4v) is 2.71. The van der Waals surface area contributed by atoms with Gasteiger partial charge in [0, 0.05) is 17.0 Å². The molecule has 0 saturated heterocycles. The Hall–Kier alpha value is -0.530. The van der Waals surface area contributed by atoms with Crippen molar-refractivity contribution in [3.63, 3.8) is 0 Å². The first-order valence-electron chi connectivity index (χ1n) is 6.66. The molecule has 0 amide bonds. The van der Waals surface area contributed by atoms with Crippen LogP contribution in [-0.4, -0.2) is 13.1 Å². The van der Waals surface area contributed by atoms with Crippen LogP contribution in [0.1, 0.15) is 45.6 Å². The summed E-state index contributed by atoms with van der Waals surface area (Å²) < 4.78 is 0. The van der Waals surface area contributed by atoms with Gasteiger partial charge < -0.3 is 5.32 Å². The van der Waals surface area contributed by atoms with Crippen molar-refractivity contribution < 1.29 is 0 Å². The first-order valence-corrected chi connectivity index (χ1v) is 7.03. The van der Waals surface area contributed by atoms with E-state index in [1.54, 1.807) is 0 Å². The summed E-state index contributed by atoms with van der Waals surface area (Å²) in [7, 11) is 0. The molecular weight excluding hydrogens is 230 g/mol. The summed E-state index contributed by atoms with van der Waals surface area (Å²) in [5.41, 5.74) is 1.46. The largest absolute Gasteiger partial charge is 0.316 e. The predicted octanol–water partition coefficient (Wildman–Crippen LogP) is 4.40. The van der Waals surface area contributed by atoms with E-state index in [0.717, 1.165) is 31.0 Å². The molecule has 0 atom stereocenters. The molecule has 0 aliphatic heterocycles. The second-order valence-electron chi connectivity index (χ2n) is 4.64. The second kappa shape index (κ2) is 7.03. The third-order valence-corrected chi connectivity index (χ3v) is 4.02. The van der Waals surface area contributed by atoms with E-state index >= 15 is 0 Å². The van der Waals surface area contributed by atoms with Crippen molar-refractivity contribution in [2.24, 2.45) is 0 Å². The molecule has 0 aliphatic carbocycles. The van der Waals surface area contributed by atoms with Gasteiger partial charge in [-0.1, -0.05) is 50.6 Å². The average Bonchev–Trinajstić information content (AvgIpc) is 2.36. The summed E-state index contributed by atoms with van der Waals surface area (Å²) >= 11 is 6.35. The number of hydrogen-bond donors (Lipinski definition) is 1.